The summed E-state index contributed by atoms with van der Waals surface area (Å²) in [4.78, 5) is 20.3. The van der Waals surface area contributed by atoms with Crippen molar-refractivity contribution in [3.05, 3.63) is 67.0 Å². The number of nitrogens with one attached hydrogen (secondary N) is 2. The molecule has 0 spiro atoms. The van der Waals surface area contributed by atoms with Crippen LogP contribution in [0.4, 0.5) is 28.0 Å². The summed E-state index contributed by atoms with van der Waals surface area (Å²) in [7, 11) is 0. The first-order valence-electron chi connectivity index (χ1n) is 8.96. The number of benzene rings is 1. The van der Waals surface area contributed by atoms with Gasteiger partial charge < -0.3 is 10.6 Å². The average Bonchev–Trinajstić information content (AvgIpc) is 3.16. The van der Waals surface area contributed by atoms with Gasteiger partial charge in [-0.25, -0.2) is 18.7 Å². The number of pyridine rings is 1. The van der Waals surface area contributed by atoms with Crippen LogP contribution < -0.4 is 10.6 Å². The highest BCUT2D eigenvalue weighted by Gasteiger charge is 2.27. The Bertz CT molecular complexity index is 1240. The van der Waals surface area contributed by atoms with Crippen molar-refractivity contribution in [1.29, 1.82) is 0 Å². The molecule has 158 valence electrons. The van der Waals surface area contributed by atoms with E-state index in [1.165, 1.54) is 41.2 Å². The first kappa shape index (κ1) is 20.3. The first-order chi connectivity index (χ1) is 14.8. The Morgan fingerprint density at radius 1 is 1.03 bits per heavy atom. The minimum atomic E-state index is -4.50. The Labute approximate surface area is 172 Å². The number of carbonyl (C=O) groups is 1. The van der Waals surface area contributed by atoms with Gasteiger partial charge in [-0.05, 0) is 29.8 Å². The molecular formula is C20H14F4N6O. The zero-order valence-electron chi connectivity index (χ0n) is 15.7. The monoisotopic (exact) mass is 430 g/mol. The average molecular weight is 430 g/mol. The summed E-state index contributed by atoms with van der Waals surface area (Å²) in [6, 6.07) is 7.91. The van der Waals surface area contributed by atoms with E-state index in [1.54, 1.807) is 29.8 Å². The fourth-order valence-electron chi connectivity index (χ4n) is 2.86. The van der Waals surface area contributed by atoms with Gasteiger partial charge in [-0.2, -0.15) is 18.3 Å². The molecule has 0 radical (unpaired) electrons. The number of carbonyl (C=O) groups excluding carboxylic acids is 1. The van der Waals surface area contributed by atoms with E-state index in [0.717, 1.165) is 11.1 Å². The van der Waals surface area contributed by atoms with E-state index < -0.39 is 18.8 Å². The number of aromatic nitrogens is 4. The molecular weight excluding hydrogens is 416 g/mol. The van der Waals surface area contributed by atoms with Gasteiger partial charge in [-0.15, -0.1) is 0 Å². The Morgan fingerprint density at radius 2 is 1.81 bits per heavy atom. The lowest BCUT2D eigenvalue weighted by Gasteiger charge is -2.10. The largest absolute Gasteiger partial charge is 0.405 e. The fraction of sp³-hybridized carbons (Fsp3) is 0.100. The number of halogens is 4. The Kier molecular flexibility index (Phi) is 5.24. The molecule has 11 heteroatoms. The molecule has 0 aliphatic rings. The molecule has 2 amide bonds. The van der Waals surface area contributed by atoms with Gasteiger partial charge in [0.1, 0.15) is 12.4 Å². The number of hydrogen-bond acceptors (Lipinski definition) is 4. The summed E-state index contributed by atoms with van der Waals surface area (Å²) in [6.45, 7) is -1.44. The normalized spacial score (nSPS) is 11.5. The smallest absolute Gasteiger partial charge is 0.329 e. The minimum Gasteiger partial charge on any atom is -0.329 e. The van der Waals surface area contributed by atoms with Crippen molar-refractivity contribution < 1.29 is 22.4 Å². The van der Waals surface area contributed by atoms with E-state index in [4.69, 9.17) is 0 Å². The second kappa shape index (κ2) is 8.01. The summed E-state index contributed by atoms with van der Waals surface area (Å²) in [6.07, 6.45) is 1.78. The van der Waals surface area contributed by atoms with Crippen molar-refractivity contribution in [2.24, 2.45) is 0 Å². The number of rotatable bonds is 4. The quantitative estimate of drug-likeness (QED) is 0.474. The number of urea groups is 1. The molecule has 4 rings (SSSR count). The maximum absolute atomic E-state index is 13.1. The zero-order chi connectivity index (χ0) is 22.0. The molecule has 1 aromatic carbocycles. The van der Waals surface area contributed by atoms with E-state index in [9.17, 15) is 22.4 Å². The molecule has 0 fully saturated rings. The molecule has 7 nitrogen and oxygen atoms in total. The van der Waals surface area contributed by atoms with Crippen LogP contribution in [-0.4, -0.2) is 38.3 Å². The van der Waals surface area contributed by atoms with Crippen LogP contribution in [0.5, 0.6) is 0 Å². The Balaban J connectivity index is 1.57. The van der Waals surface area contributed by atoms with Gasteiger partial charge in [0.25, 0.3) is 0 Å². The lowest BCUT2D eigenvalue weighted by molar-refractivity contribution is -0.122. The fourth-order valence-corrected chi connectivity index (χ4v) is 2.86. The highest BCUT2D eigenvalue weighted by atomic mass is 19.4. The van der Waals surface area contributed by atoms with Crippen molar-refractivity contribution in [2.75, 3.05) is 11.9 Å². The van der Waals surface area contributed by atoms with Gasteiger partial charge in [0.2, 0.25) is 0 Å². The maximum Gasteiger partial charge on any atom is 0.405 e. The SMILES string of the molecule is O=C(NCC(F)(F)F)Nc1ccnc(-c2cnn3cc(-c4ccc(F)cc4)cnc23)c1. The third kappa shape index (κ3) is 4.77. The van der Waals surface area contributed by atoms with E-state index in [0.29, 0.717) is 16.9 Å². The van der Waals surface area contributed by atoms with Crippen LogP contribution in [0.25, 0.3) is 28.0 Å². The predicted octanol–water partition coefficient (Wildman–Crippen LogP) is 4.28. The van der Waals surface area contributed by atoms with Gasteiger partial charge in [0.05, 0.1) is 17.5 Å². The molecule has 0 saturated carbocycles. The molecule has 3 aromatic heterocycles. The highest BCUT2D eigenvalue weighted by Crippen LogP contribution is 2.26. The molecule has 0 saturated heterocycles. The van der Waals surface area contributed by atoms with Gasteiger partial charge in [0, 0.05) is 29.8 Å². The Hall–Kier alpha value is -4.02. The second-order valence-corrected chi connectivity index (χ2v) is 6.53. The van der Waals surface area contributed by atoms with Crippen molar-refractivity contribution >= 4 is 17.4 Å². The lowest BCUT2D eigenvalue weighted by Crippen LogP contribution is -2.36. The topological polar surface area (TPSA) is 84.2 Å². The molecule has 0 atom stereocenters. The third-order valence-electron chi connectivity index (χ3n) is 4.28. The van der Waals surface area contributed by atoms with Crippen LogP contribution in [0.3, 0.4) is 0 Å². The molecule has 4 aromatic rings. The van der Waals surface area contributed by atoms with Crippen LogP contribution >= 0.6 is 0 Å². The summed E-state index contributed by atoms with van der Waals surface area (Å²) in [5.74, 6) is -0.342. The summed E-state index contributed by atoms with van der Waals surface area (Å²) >= 11 is 0. The zero-order valence-corrected chi connectivity index (χ0v) is 15.7. The minimum absolute atomic E-state index is 0.256. The molecule has 31 heavy (non-hydrogen) atoms. The highest BCUT2D eigenvalue weighted by molar-refractivity contribution is 5.90. The predicted molar refractivity (Wildman–Crippen MR) is 105 cm³/mol. The molecule has 0 aliphatic carbocycles. The van der Waals surface area contributed by atoms with Crippen molar-refractivity contribution in [2.45, 2.75) is 6.18 Å². The van der Waals surface area contributed by atoms with Crippen molar-refractivity contribution in [1.82, 2.24) is 24.9 Å². The summed E-state index contributed by atoms with van der Waals surface area (Å²) in [5, 5.41) is 8.33. The van der Waals surface area contributed by atoms with Gasteiger partial charge in [0.15, 0.2) is 5.65 Å². The van der Waals surface area contributed by atoms with Crippen LogP contribution in [0, 0.1) is 5.82 Å². The second-order valence-electron chi connectivity index (χ2n) is 6.53. The molecule has 3 heterocycles. The Morgan fingerprint density at radius 3 is 2.55 bits per heavy atom. The molecule has 0 unspecified atom stereocenters. The van der Waals surface area contributed by atoms with E-state index in [-0.39, 0.29) is 11.5 Å². The number of hydrogen-bond donors (Lipinski definition) is 2. The number of anilines is 1. The van der Waals surface area contributed by atoms with Crippen LogP contribution in [0.1, 0.15) is 0 Å². The van der Waals surface area contributed by atoms with Gasteiger partial charge in [-0.1, -0.05) is 12.1 Å². The molecule has 0 bridgehead atoms. The van der Waals surface area contributed by atoms with E-state index in [2.05, 4.69) is 20.4 Å². The standard InChI is InChI=1S/C20H14F4N6O/c21-14-3-1-12(2-4-14)13-8-26-18-16(9-28-30(18)10-13)17-7-15(5-6-25-17)29-19(31)27-11-20(22,23)24/h1-10H,11H2,(H2,25,27,29,31). The molecule has 0 aliphatic heterocycles. The molecule has 2 N–H and O–H groups in total. The van der Waals surface area contributed by atoms with Gasteiger partial charge in [-0.3, -0.25) is 4.98 Å². The maximum atomic E-state index is 13.1. The van der Waals surface area contributed by atoms with E-state index >= 15 is 0 Å². The number of amides is 2. The van der Waals surface area contributed by atoms with Crippen molar-refractivity contribution in [3.8, 4) is 22.4 Å². The van der Waals surface area contributed by atoms with Crippen LogP contribution in [0.2, 0.25) is 0 Å². The summed E-state index contributed by atoms with van der Waals surface area (Å²) in [5.41, 5.74) is 3.22. The van der Waals surface area contributed by atoms with E-state index in [1.807, 2.05) is 0 Å². The van der Waals surface area contributed by atoms with Crippen molar-refractivity contribution in [3.63, 3.8) is 0 Å². The van der Waals surface area contributed by atoms with Crippen LogP contribution in [-0.2, 0) is 0 Å². The lowest BCUT2D eigenvalue weighted by atomic mass is 10.1. The number of nitrogens with zero attached hydrogens (tertiary/aromatic N) is 4. The van der Waals surface area contributed by atoms with Crippen LogP contribution in [0.15, 0.2) is 61.2 Å². The summed E-state index contributed by atoms with van der Waals surface area (Å²) < 4.78 is 51.3. The van der Waals surface area contributed by atoms with Gasteiger partial charge >= 0.3 is 12.2 Å². The first-order valence-corrected chi connectivity index (χ1v) is 8.96. The number of fused-ring (bicyclic) bond motifs is 1. The third-order valence-corrected chi connectivity index (χ3v) is 4.28. The number of alkyl halides is 3.